The number of benzene rings is 1. The quantitative estimate of drug-likeness (QED) is 0.673. The number of nitrogens with zero attached hydrogens (tertiary/aromatic N) is 5. The summed E-state index contributed by atoms with van der Waals surface area (Å²) in [5, 5.41) is 4.60. The van der Waals surface area contributed by atoms with Crippen molar-refractivity contribution in [3.8, 4) is 0 Å². The van der Waals surface area contributed by atoms with E-state index in [0.717, 1.165) is 69.7 Å². The first-order chi connectivity index (χ1) is 14.2. The number of fused-ring (bicyclic) bond motifs is 2. The van der Waals surface area contributed by atoms with Crippen LogP contribution in [0.4, 0.5) is 10.4 Å². The number of hydrogen-bond acceptors (Lipinski definition) is 6. The fraction of sp³-hybridized carbons (Fsp3) is 0.476. The minimum atomic E-state index is -0.323. The second-order valence-electron chi connectivity index (χ2n) is 7.82. The van der Waals surface area contributed by atoms with E-state index >= 15 is 0 Å². The van der Waals surface area contributed by atoms with Crippen molar-refractivity contribution >= 4 is 17.1 Å². The van der Waals surface area contributed by atoms with Crippen molar-refractivity contribution in [3.63, 3.8) is 0 Å². The molecule has 1 aliphatic carbocycles. The van der Waals surface area contributed by atoms with Gasteiger partial charge in [-0.3, -0.25) is 9.69 Å². The highest BCUT2D eigenvalue weighted by molar-refractivity contribution is 5.74. The van der Waals surface area contributed by atoms with E-state index in [9.17, 15) is 9.18 Å². The summed E-state index contributed by atoms with van der Waals surface area (Å²) < 4.78 is 20.7. The van der Waals surface area contributed by atoms with Crippen molar-refractivity contribution in [2.75, 3.05) is 37.6 Å². The predicted molar refractivity (Wildman–Crippen MR) is 108 cm³/mol. The lowest BCUT2D eigenvalue weighted by Crippen LogP contribution is -2.47. The average molecular weight is 397 g/mol. The maximum absolute atomic E-state index is 13.3. The minimum absolute atomic E-state index is 0.00277. The molecule has 0 saturated carbocycles. The van der Waals surface area contributed by atoms with Crippen LogP contribution in [-0.2, 0) is 19.4 Å². The largest absolute Gasteiger partial charge is 0.423 e. The van der Waals surface area contributed by atoms with Crippen molar-refractivity contribution in [3.05, 3.63) is 51.7 Å². The molecule has 3 heterocycles. The zero-order valence-electron chi connectivity index (χ0n) is 16.3. The number of piperazine rings is 1. The van der Waals surface area contributed by atoms with Gasteiger partial charge in [-0.25, -0.2) is 9.07 Å². The van der Waals surface area contributed by atoms with Crippen molar-refractivity contribution in [2.45, 2.75) is 32.2 Å². The van der Waals surface area contributed by atoms with Crippen LogP contribution in [0.15, 0.2) is 33.5 Å². The number of anilines is 1. The molecule has 0 spiro atoms. The van der Waals surface area contributed by atoms with E-state index in [2.05, 4.69) is 19.9 Å². The molecule has 1 fully saturated rings. The fourth-order valence-electron chi connectivity index (χ4n) is 4.18. The first-order valence-corrected chi connectivity index (χ1v) is 10.3. The number of rotatable bonds is 4. The molecule has 7 nitrogen and oxygen atoms in total. The summed E-state index contributed by atoms with van der Waals surface area (Å²) in [4.78, 5) is 21.2. The van der Waals surface area contributed by atoms with Gasteiger partial charge in [0.15, 0.2) is 5.58 Å². The van der Waals surface area contributed by atoms with Crippen LogP contribution in [0.25, 0.3) is 11.1 Å². The van der Waals surface area contributed by atoms with Crippen LogP contribution in [-0.4, -0.2) is 52.4 Å². The van der Waals surface area contributed by atoms with Gasteiger partial charge >= 0.3 is 0 Å². The van der Waals surface area contributed by atoms with Crippen LogP contribution < -0.4 is 10.5 Å². The number of aryl methyl sites for hydroxylation is 2. The zero-order chi connectivity index (χ0) is 19.8. The van der Waals surface area contributed by atoms with E-state index in [1.807, 2.05) is 0 Å². The molecule has 29 heavy (non-hydrogen) atoms. The number of aromatic nitrogens is 3. The summed E-state index contributed by atoms with van der Waals surface area (Å²) in [6.45, 7) is 4.66. The summed E-state index contributed by atoms with van der Waals surface area (Å²) in [6.07, 6.45) is 4.26. The molecule has 0 N–H and O–H groups in total. The van der Waals surface area contributed by atoms with Crippen molar-refractivity contribution in [2.24, 2.45) is 0 Å². The van der Waals surface area contributed by atoms with Crippen molar-refractivity contribution < 1.29 is 8.81 Å². The maximum atomic E-state index is 13.3. The number of hydrogen-bond donors (Lipinski definition) is 0. The molecule has 0 radical (unpaired) electrons. The summed E-state index contributed by atoms with van der Waals surface area (Å²) in [5.74, 6) is -0.323. The molecule has 3 aromatic rings. The average Bonchev–Trinajstić information content (AvgIpc) is 3.16. The molecule has 2 aromatic heterocycles. The van der Waals surface area contributed by atoms with E-state index in [4.69, 9.17) is 4.42 Å². The topological polar surface area (TPSA) is 67.4 Å². The summed E-state index contributed by atoms with van der Waals surface area (Å²) in [6, 6.07) is 6.71. The van der Waals surface area contributed by atoms with Crippen LogP contribution in [0.1, 0.15) is 24.1 Å². The first kappa shape index (κ1) is 18.3. The van der Waals surface area contributed by atoms with Crippen molar-refractivity contribution in [1.82, 2.24) is 19.7 Å². The SMILES string of the molecule is O=c1cc2c(nn1CCN1CCN(c3nc4ccc(F)cc4o3)CC1)CCCC2. The van der Waals surface area contributed by atoms with Gasteiger partial charge in [-0.2, -0.15) is 10.1 Å². The summed E-state index contributed by atoms with van der Waals surface area (Å²) in [7, 11) is 0. The Morgan fingerprint density at radius 3 is 2.72 bits per heavy atom. The van der Waals surface area contributed by atoms with Gasteiger partial charge in [0, 0.05) is 44.9 Å². The Morgan fingerprint density at radius 1 is 1.03 bits per heavy atom. The molecule has 0 atom stereocenters. The first-order valence-electron chi connectivity index (χ1n) is 10.3. The second-order valence-corrected chi connectivity index (χ2v) is 7.82. The Labute approximate surface area is 167 Å². The predicted octanol–water partition coefficient (Wildman–Crippen LogP) is 2.22. The third kappa shape index (κ3) is 3.76. The Balaban J connectivity index is 1.19. The fourth-order valence-corrected chi connectivity index (χ4v) is 4.18. The van der Waals surface area contributed by atoms with Crippen LogP contribution in [0.2, 0.25) is 0 Å². The van der Waals surface area contributed by atoms with Gasteiger partial charge in [-0.15, -0.1) is 0 Å². The monoisotopic (exact) mass is 397 g/mol. The number of oxazole rings is 1. The molecule has 0 amide bonds. The third-order valence-corrected chi connectivity index (χ3v) is 5.88. The van der Waals surface area contributed by atoms with Crippen LogP contribution in [0.5, 0.6) is 0 Å². The molecule has 8 heteroatoms. The van der Waals surface area contributed by atoms with Crippen LogP contribution in [0, 0.1) is 5.82 Å². The van der Waals surface area contributed by atoms with Gasteiger partial charge < -0.3 is 9.32 Å². The molecule has 1 aromatic carbocycles. The highest BCUT2D eigenvalue weighted by Crippen LogP contribution is 2.23. The summed E-state index contributed by atoms with van der Waals surface area (Å²) in [5.41, 5.74) is 3.36. The standard InChI is InChI=1S/C21H24FN5O2/c22-16-5-6-18-19(14-16)29-21(23-18)26-10-7-25(8-11-26)9-12-27-20(28)13-15-3-1-2-4-17(15)24-27/h5-6,13-14H,1-4,7-12H2. The van der Waals surface area contributed by atoms with Crippen molar-refractivity contribution in [1.29, 1.82) is 0 Å². The second kappa shape index (κ2) is 7.59. The van der Waals surface area contributed by atoms with Crippen LogP contribution in [0.3, 0.4) is 0 Å². The Morgan fingerprint density at radius 2 is 1.86 bits per heavy atom. The highest BCUT2D eigenvalue weighted by atomic mass is 19.1. The Hall–Kier alpha value is -2.74. The molecule has 152 valence electrons. The van der Waals surface area contributed by atoms with Gasteiger partial charge in [0.2, 0.25) is 0 Å². The molecule has 1 aliphatic heterocycles. The molecule has 0 unspecified atom stereocenters. The molecule has 1 saturated heterocycles. The molecular weight excluding hydrogens is 373 g/mol. The van der Waals surface area contributed by atoms with E-state index in [1.54, 1.807) is 16.8 Å². The van der Waals surface area contributed by atoms with Gasteiger partial charge in [0.25, 0.3) is 11.6 Å². The summed E-state index contributed by atoms with van der Waals surface area (Å²) >= 11 is 0. The van der Waals surface area contributed by atoms with E-state index in [1.165, 1.54) is 12.1 Å². The van der Waals surface area contributed by atoms with E-state index in [0.29, 0.717) is 23.7 Å². The lowest BCUT2D eigenvalue weighted by Gasteiger charge is -2.33. The Kier molecular flexibility index (Phi) is 4.79. The lowest BCUT2D eigenvalue weighted by molar-refractivity contribution is 0.238. The third-order valence-electron chi connectivity index (χ3n) is 5.88. The highest BCUT2D eigenvalue weighted by Gasteiger charge is 2.21. The molecule has 2 aliphatic rings. The molecule has 5 rings (SSSR count). The van der Waals surface area contributed by atoms with Gasteiger partial charge in [0.1, 0.15) is 11.3 Å². The van der Waals surface area contributed by atoms with Gasteiger partial charge in [-0.05, 0) is 43.4 Å². The number of halogens is 1. The zero-order valence-corrected chi connectivity index (χ0v) is 16.3. The molecule has 0 bridgehead atoms. The normalized spacial score (nSPS) is 17.6. The molecular formula is C21H24FN5O2. The van der Waals surface area contributed by atoms with E-state index < -0.39 is 0 Å². The van der Waals surface area contributed by atoms with E-state index in [-0.39, 0.29) is 11.4 Å². The lowest BCUT2D eigenvalue weighted by atomic mass is 9.97. The minimum Gasteiger partial charge on any atom is -0.423 e. The van der Waals surface area contributed by atoms with Gasteiger partial charge in [0.05, 0.1) is 12.2 Å². The maximum Gasteiger partial charge on any atom is 0.298 e. The van der Waals surface area contributed by atoms with Gasteiger partial charge in [-0.1, -0.05) is 0 Å². The Bertz CT molecular complexity index is 1080. The van der Waals surface area contributed by atoms with Crippen LogP contribution >= 0.6 is 0 Å². The smallest absolute Gasteiger partial charge is 0.298 e.